The number of hydrogen-bond donors (Lipinski definition) is 2. The molecule has 0 aliphatic rings. The minimum Gasteiger partial charge on any atom is -0.336 e. The standard InChI is InChI=1S/C11H14N6OS/c1-7-4-3-5-13-10(7)14-9(18)6-19-11-16-15-8(2)17(11)12/h3-5H,6,12H2,1-2H3,(H,13,14,18). The Labute approximate surface area is 114 Å². The fraction of sp³-hybridized carbons (Fsp3) is 0.273. The number of thioether (sulfide) groups is 1. The van der Waals surface area contributed by atoms with E-state index in [4.69, 9.17) is 5.84 Å². The zero-order chi connectivity index (χ0) is 13.8. The van der Waals surface area contributed by atoms with Crippen LogP contribution in [0.5, 0.6) is 0 Å². The summed E-state index contributed by atoms with van der Waals surface area (Å²) in [5.41, 5.74) is 0.915. The monoisotopic (exact) mass is 278 g/mol. The minimum absolute atomic E-state index is 0.160. The number of aryl methyl sites for hydroxylation is 2. The number of carbonyl (C=O) groups excluding carboxylic acids is 1. The molecule has 1 amide bonds. The van der Waals surface area contributed by atoms with E-state index in [2.05, 4.69) is 20.5 Å². The number of aromatic nitrogens is 4. The van der Waals surface area contributed by atoms with Gasteiger partial charge in [-0.15, -0.1) is 10.2 Å². The van der Waals surface area contributed by atoms with Crippen LogP contribution in [0.4, 0.5) is 5.82 Å². The summed E-state index contributed by atoms with van der Waals surface area (Å²) in [5.74, 6) is 6.90. The molecule has 0 unspecified atom stereocenters. The van der Waals surface area contributed by atoms with Crippen molar-refractivity contribution >= 4 is 23.5 Å². The van der Waals surface area contributed by atoms with E-state index in [-0.39, 0.29) is 11.7 Å². The number of pyridine rings is 1. The lowest BCUT2D eigenvalue weighted by Gasteiger charge is -2.06. The molecular formula is C11H14N6OS. The van der Waals surface area contributed by atoms with Crippen LogP contribution < -0.4 is 11.2 Å². The first kappa shape index (κ1) is 13.3. The predicted octanol–water partition coefficient (Wildman–Crippen LogP) is 0.735. The maximum absolute atomic E-state index is 11.8. The van der Waals surface area contributed by atoms with Crippen molar-refractivity contribution in [2.24, 2.45) is 0 Å². The average Bonchev–Trinajstić information content (AvgIpc) is 2.70. The number of nitrogens with zero attached hydrogens (tertiary/aromatic N) is 4. The molecule has 0 bridgehead atoms. The van der Waals surface area contributed by atoms with Gasteiger partial charge in [0.2, 0.25) is 11.1 Å². The first-order valence-electron chi connectivity index (χ1n) is 5.59. The molecule has 0 aliphatic carbocycles. The second-order valence-electron chi connectivity index (χ2n) is 3.91. The van der Waals surface area contributed by atoms with Crippen molar-refractivity contribution < 1.29 is 4.79 Å². The molecule has 0 spiro atoms. The van der Waals surface area contributed by atoms with Crippen molar-refractivity contribution in [3.63, 3.8) is 0 Å². The van der Waals surface area contributed by atoms with Crippen LogP contribution in [0, 0.1) is 13.8 Å². The van der Waals surface area contributed by atoms with Gasteiger partial charge in [-0.25, -0.2) is 9.66 Å². The lowest BCUT2D eigenvalue weighted by atomic mass is 10.3. The molecule has 7 nitrogen and oxygen atoms in total. The molecule has 0 saturated carbocycles. The Morgan fingerprint density at radius 3 is 2.89 bits per heavy atom. The lowest BCUT2D eigenvalue weighted by Crippen LogP contribution is -2.17. The van der Waals surface area contributed by atoms with E-state index < -0.39 is 0 Å². The van der Waals surface area contributed by atoms with E-state index in [1.165, 1.54) is 16.4 Å². The van der Waals surface area contributed by atoms with Gasteiger partial charge in [0.15, 0.2) is 0 Å². The molecule has 0 aromatic carbocycles. The largest absolute Gasteiger partial charge is 0.336 e. The van der Waals surface area contributed by atoms with E-state index in [9.17, 15) is 4.79 Å². The first-order valence-corrected chi connectivity index (χ1v) is 6.58. The smallest absolute Gasteiger partial charge is 0.236 e. The Bertz CT molecular complexity index is 597. The van der Waals surface area contributed by atoms with Crippen molar-refractivity contribution in [3.8, 4) is 0 Å². The number of hydrogen-bond acceptors (Lipinski definition) is 6. The van der Waals surface area contributed by atoms with Crippen molar-refractivity contribution in [1.82, 2.24) is 19.9 Å². The number of nitrogens with one attached hydrogen (secondary N) is 1. The van der Waals surface area contributed by atoms with Crippen molar-refractivity contribution in [2.45, 2.75) is 19.0 Å². The highest BCUT2D eigenvalue weighted by Gasteiger charge is 2.10. The minimum atomic E-state index is -0.160. The molecule has 0 fully saturated rings. The molecule has 0 atom stereocenters. The second-order valence-corrected chi connectivity index (χ2v) is 4.85. The third-order valence-corrected chi connectivity index (χ3v) is 3.38. The fourth-order valence-electron chi connectivity index (χ4n) is 1.36. The highest BCUT2D eigenvalue weighted by Crippen LogP contribution is 2.15. The van der Waals surface area contributed by atoms with Crippen molar-refractivity contribution in [3.05, 3.63) is 29.7 Å². The molecule has 19 heavy (non-hydrogen) atoms. The number of anilines is 1. The summed E-state index contributed by atoms with van der Waals surface area (Å²) in [5, 5.41) is 10.9. The fourth-order valence-corrected chi connectivity index (χ4v) is 2.07. The summed E-state index contributed by atoms with van der Waals surface area (Å²) in [4.78, 5) is 15.9. The van der Waals surface area contributed by atoms with Gasteiger partial charge in [0, 0.05) is 6.20 Å². The molecule has 3 N–H and O–H groups in total. The van der Waals surface area contributed by atoms with E-state index in [1.807, 2.05) is 19.1 Å². The third-order valence-electron chi connectivity index (χ3n) is 2.43. The zero-order valence-electron chi connectivity index (χ0n) is 10.6. The summed E-state index contributed by atoms with van der Waals surface area (Å²) >= 11 is 1.23. The lowest BCUT2D eigenvalue weighted by molar-refractivity contribution is -0.113. The van der Waals surface area contributed by atoms with Gasteiger partial charge in [-0.3, -0.25) is 4.79 Å². The number of amides is 1. The van der Waals surface area contributed by atoms with E-state index in [0.717, 1.165) is 5.56 Å². The summed E-state index contributed by atoms with van der Waals surface area (Å²) in [6, 6.07) is 3.70. The van der Waals surface area contributed by atoms with Crippen LogP contribution in [0.2, 0.25) is 0 Å². The van der Waals surface area contributed by atoms with E-state index in [1.54, 1.807) is 13.1 Å². The molecule has 2 rings (SSSR count). The van der Waals surface area contributed by atoms with E-state index >= 15 is 0 Å². The Hall–Kier alpha value is -2.09. The van der Waals surface area contributed by atoms with E-state index in [0.29, 0.717) is 16.8 Å². The van der Waals surface area contributed by atoms with Crippen LogP contribution in [0.3, 0.4) is 0 Å². The number of rotatable bonds is 4. The van der Waals surface area contributed by atoms with Gasteiger partial charge in [0.1, 0.15) is 11.6 Å². The summed E-state index contributed by atoms with van der Waals surface area (Å²) in [6.45, 7) is 3.63. The Morgan fingerprint density at radius 1 is 1.47 bits per heavy atom. The molecule has 2 heterocycles. The quantitative estimate of drug-likeness (QED) is 0.632. The van der Waals surface area contributed by atoms with Crippen LogP contribution >= 0.6 is 11.8 Å². The van der Waals surface area contributed by atoms with Gasteiger partial charge < -0.3 is 11.2 Å². The van der Waals surface area contributed by atoms with Gasteiger partial charge in [0.05, 0.1) is 5.75 Å². The van der Waals surface area contributed by atoms with Gasteiger partial charge in [-0.2, -0.15) is 0 Å². The summed E-state index contributed by atoms with van der Waals surface area (Å²) in [6.07, 6.45) is 1.63. The van der Waals surface area contributed by atoms with Crippen molar-refractivity contribution in [1.29, 1.82) is 0 Å². The SMILES string of the molecule is Cc1cccnc1NC(=O)CSc1nnc(C)n1N. The molecule has 0 aliphatic heterocycles. The topological polar surface area (TPSA) is 98.7 Å². The molecule has 0 radical (unpaired) electrons. The van der Waals surface area contributed by atoms with Crippen LogP contribution in [0.15, 0.2) is 23.5 Å². The third kappa shape index (κ3) is 3.22. The normalized spacial score (nSPS) is 10.4. The van der Waals surface area contributed by atoms with Crippen LogP contribution in [0.1, 0.15) is 11.4 Å². The maximum Gasteiger partial charge on any atom is 0.236 e. The number of nitrogens with two attached hydrogens (primary N) is 1. The van der Waals surface area contributed by atoms with Gasteiger partial charge in [0.25, 0.3) is 0 Å². The predicted molar refractivity (Wildman–Crippen MR) is 73.2 cm³/mol. The Balaban J connectivity index is 1.92. The summed E-state index contributed by atoms with van der Waals surface area (Å²) < 4.78 is 1.35. The molecule has 2 aromatic rings. The zero-order valence-corrected chi connectivity index (χ0v) is 11.4. The highest BCUT2D eigenvalue weighted by molar-refractivity contribution is 7.99. The summed E-state index contributed by atoms with van der Waals surface area (Å²) in [7, 11) is 0. The molecular weight excluding hydrogens is 264 g/mol. The highest BCUT2D eigenvalue weighted by atomic mass is 32.2. The molecule has 0 saturated heterocycles. The van der Waals surface area contributed by atoms with Crippen LogP contribution in [-0.4, -0.2) is 31.5 Å². The van der Waals surface area contributed by atoms with Gasteiger partial charge in [-0.1, -0.05) is 17.8 Å². The number of nitrogen functional groups attached to an aromatic ring is 1. The molecule has 100 valence electrons. The average molecular weight is 278 g/mol. The Morgan fingerprint density at radius 2 is 2.26 bits per heavy atom. The first-order chi connectivity index (χ1) is 9.08. The Kier molecular flexibility index (Phi) is 4.00. The second kappa shape index (κ2) is 5.70. The van der Waals surface area contributed by atoms with Gasteiger partial charge >= 0.3 is 0 Å². The van der Waals surface area contributed by atoms with Gasteiger partial charge in [-0.05, 0) is 25.5 Å². The van der Waals surface area contributed by atoms with Crippen LogP contribution in [-0.2, 0) is 4.79 Å². The van der Waals surface area contributed by atoms with Crippen LogP contribution in [0.25, 0.3) is 0 Å². The molecule has 8 heteroatoms. The molecule has 2 aromatic heterocycles. The maximum atomic E-state index is 11.8. The van der Waals surface area contributed by atoms with Crippen molar-refractivity contribution in [2.75, 3.05) is 16.9 Å². The number of carbonyl (C=O) groups is 1.